The van der Waals surface area contributed by atoms with Crippen LogP contribution in [0.1, 0.15) is 6.92 Å². The first-order chi connectivity index (χ1) is 6.07. The van der Waals surface area contributed by atoms with Crippen LogP contribution in [0.15, 0.2) is 17.1 Å². The lowest BCUT2D eigenvalue weighted by Crippen LogP contribution is -2.07. The monoisotopic (exact) mass is 185 g/mol. The maximum absolute atomic E-state index is 10.8. The molecule has 0 aromatic rings. The summed E-state index contributed by atoms with van der Waals surface area (Å²) in [4.78, 5) is 24.5. The van der Waals surface area contributed by atoms with Crippen LogP contribution in [0.5, 0.6) is 0 Å². The van der Waals surface area contributed by atoms with Gasteiger partial charge >= 0.3 is 12.1 Å². The zero-order chi connectivity index (χ0) is 10.3. The largest absolute Gasteiger partial charge is 0.456 e. The highest BCUT2D eigenvalue weighted by Gasteiger charge is 2.00. The topological polar surface area (TPSA) is 65.0 Å². The summed E-state index contributed by atoms with van der Waals surface area (Å²) in [5, 5.41) is 0. The summed E-state index contributed by atoms with van der Waals surface area (Å²) >= 11 is 0. The van der Waals surface area contributed by atoms with E-state index >= 15 is 0 Å². The molecular formula is C8H11NO4. The number of hydrogen-bond donors (Lipinski definition) is 0. The number of carbonyl (C=O) groups excluding carboxylic acids is 2. The van der Waals surface area contributed by atoms with E-state index in [-0.39, 0.29) is 6.61 Å². The molecule has 0 unspecified atom stereocenters. The van der Waals surface area contributed by atoms with Gasteiger partial charge in [0.15, 0.2) is 0 Å². The Hall–Kier alpha value is -1.65. The van der Waals surface area contributed by atoms with Crippen LogP contribution in [0.4, 0.5) is 4.79 Å². The molecule has 0 aliphatic heterocycles. The quantitative estimate of drug-likeness (QED) is 0.373. The minimum atomic E-state index is -0.730. The van der Waals surface area contributed by atoms with Crippen molar-refractivity contribution in [1.82, 2.24) is 0 Å². The van der Waals surface area contributed by atoms with E-state index < -0.39 is 12.1 Å². The fraction of sp³-hybridized carbons (Fsp3) is 0.375. The third-order valence-corrected chi connectivity index (χ3v) is 1.01. The highest BCUT2D eigenvalue weighted by molar-refractivity contribution is 5.88. The van der Waals surface area contributed by atoms with Crippen LogP contribution in [0.3, 0.4) is 0 Å². The summed E-state index contributed by atoms with van der Waals surface area (Å²) in [6.07, 6.45) is 0.415. The second-order valence-corrected chi connectivity index (χ2v) is 2.16. The number of aliphatic imine (C=N–C) groups is 1. The van der Waals surface area contributed by atoms with Crippen molar-refractivity contribution in [3.05, 3.63) is 12.2 Å². The van der Waals surface area contributed by atoms with Crippen LogP contribution in [-0.2, 0) is 14.3 Å². The van der Waals surface area contributed by atoms with Crippen LogP contribution in [-0.4, -0.2) is 32.0 Å². The zero-order valence-electron chi connectivity index (χ0n) is 7.57. The molecule has 1 amide bonds. The molecule has 72 valence electrons. The van der Waals surface area contributed by atoms with Gasteiger partial charge in [-0.25, -0.2) is 9.59 Å². The highest BCUT2D eigenvalue weighted by Crippen LogP contribution is 1.90. The molecule has 5 nitrogen and oxygen atoms in total. The van der Waals surface area contributed by atoms with Gasteiger partial charge in [-0.2, -0.15) is 4.99 Å². The van der Waals surface area contributed by atoms with Crippen molar-refractivity contribution in [2.75, 3.05) is 13.7 Å². The smallest absolute Gasteiger partial charge is 0.433 e. The van der Waals surface area contributed by atoms with E-state index in [4.69, 9.17) is 0 Å². The van der Waals surface area contributed by atoms with Gasteiger partial charge in [0, 0.05) is 11.8 Å². The van der Waals surface area contributed by atoms with Gasteiger partial charge in [0.05, 0.1) is 7.11 Å². The normalized spacial score (nSPS) is 9.69. The third-order valence-electron chi connectivity index (χ3n) is 1.01. The second-order valence-electron chi connectivity index (χ2n) is 2.16. The van der Waals surface area contributed by atoms with Gasteiger partial charge in [0.1, 0.15) is 6.61 Å². The summed E-state index contributed by atoms with van der Waals surface area (Å²) in [5.41, 5.74) is 0.298. The van der Waals surface area contributed by atoms with Crippen LogP contribution >= 0.6 is 0 Å². The molecule has 0 atom stereocenters. The first-order valence-electron chi connectivity index (χ1n) is 3.51. The number of carbonyl (C=O) groups is 2. The van der Waals surface area contributed by atoms with Gasteiger partial charge in [-0.05, 0) is 6.92 Å². The average molecular weight is 185 g/mol. The Kier molecular flexibility index (Phi) is 5.18. The van der Waals surface area contributed by atoms with Crippen molar-refractivity contribution >= 4 is 18.3 Å². The van der Waals surface area contributed by atoms with Gasteiger partial charge in [-0.3, -0.25) is 0 Å². The van der Waals surface area contributed by atoms with Crippen LogP contribution in [0.25, 0.3) is 0 Å². The molecule has 0 rings (SSSR count). The maximum Gasteiger partial charge on any atom is 0.433 e. The van der Waals surface area contributed by atoms with E-state index in [0.29, 0.717) is 5.57 Å². The Morgan fingerprint density at radius 2 is 2.15 bits per heavy atom. The molecule has 0 radical (unpaired) electrons. The Morgan fingerprint density at radius 1 is 1.54 bits per heavy atom. The molecule has 0 spiro atoms. The van der Waals surface area contributed by atoms with Crippen molar-refractivity contribution in [1.29, 1.82) is 0 Å². The number of hydrogen-bond acceptors (Lipinski definition) is 4. The summed E-state index contributed by atoms with van der Waals surface area (Å²) < 4.78 is 8.81. The average Bonchev–Trinajstić information content (AvgIpc) is 2.11. The molecule has 0 fully saturated rings. The summed E-state index contributed by atoms with van der Waals surface area (Å²) in [6.45, 7) is 4.83. The molecule has 0 heterocycles. The van der Waals surface area contributed by atoms with Gasteiger partial charge in [-0.15, -0.1) is 0 Å². The first-order valence-corrected chi connectivity index (χ1v) is 3.51. The Labute approximate surface area is 76.0 Å². The third kappa shape index (κ3) is 5.60. The standard InChI is InChI=1S/C8H11NO4/c1-6(2)7(10)13-5-4-9-8(11)12-3/h4H,1,5H2,2-3H3. The van der Waals surface area contributed by atoms with E-state index in [2.05, 4.69) is 21.0 Å². The van der Waals surface area contributed by atoms with Gasteiger partial charge < -0.3 is 9.47 Å². The fourth-order valence-electron chi connectivity index (χ4n) is 0.401. The number of amides is 1. The van der Waals surface area contributed by atoms with E-state index in [1.54, 1.807) is 0 Å². The summed E-state index contributed by atoms with van der Waals surface area (Å²) in [7, 11) is 1.21. The minimum Gasteiger partial charge on any atom is -0.456 e. The predicted octanol–water partition coefficient (Wildman–Crippen LogP) is 0.943. The predicted molar refractivity (Wildman–Crippen MR) is 46.7 cm³/mol. The fourth-order valence-corrected chi connectivity index (χ4v) is 0.401. The van der Waals surface area contributed by atoms with E-state index in [0.717, 1.165) is 6.21 Å². The van der Waals surface area contributed by atoms with Crippen molar-refractivity contribution in [2.24, 2.45) is 4.99 Å². The van der Waals surface area contributed by atoms with Crippen LogP contribution in [0, 0.1) is 0 Å². The van der Waals surface area contributed by atoms with Crippen LogP contribution < -0.4 is 0 Å². The number of rotatable bonds is 3. The molecule has 0 bridgehead atoms. The number of ether oxygens (including phenoxy) is 2. The Morgan fingerprint density at radius 3 is 2.62 bits per heavy atom. The number of methoxy groups -OCH3 is 1. The molecule has 0 saturated heterocycles. The first kappa shape index (κ1) is 11.4. The molecule has 0 N–H and O–H groups in total. The van der Waals surface area contributed by atoms with E-state index in [1.165, 1.54) is 14.0 Å². The van der Waals surface area contributed by atoms with Crippen molar-refractivity contribution < 1.29 is 19.1 Å². The lowest BCUT2D eigenvalue weighted by Gasteiger charge is -1.98. The second kappa shape index (κ2) is 5.93. The lowest BCUT2D eigenvalue weighted by molar-refractivity contribution is -0.137. The molecule has 5 heteroatoms. The Bertz CT molecular complexity index is 245. The van der Waals surface area contributed by atoms with Gasteiger partial charge in [0.2, 0.25) is 0 Å². The molecule has 0 saturated carbocycles. The molecule has 13 heavy (non-hydrogen) atoms. The molecule has 0 aromatic carbocycles. The molecular weight excluding hydrogens is 174 g/mol. The van der Waals surface area contributed by atoms with Gasteiger partial charge in [0.25, 0.3) is 0 Å². The summed E-state index contributed by atoms with van der Waals surface area (Å²) in [6, 6.07) is 0. The van der Waals surface area contributed by atoms with Crippen molar-refractivity contribution in [2.45, 2.75) is 6.92 Å². The summed E-state index contributed by atoms with van der Waals surface area (Å²) in [5.74, 6) is -0.517. The SMILES string of the molecule is C=C(C)C(=O)OCC=NC(=O)OC. The van der Waals surface area contributed by atoms with Gasteiger partial charge in [-0.1, -0.05) is 6.58 Å². The zero-order valence-corrected chi connectivity index (χ0v) is 7.57. The highest BCUT2D eigenvalue weighted by atomic mass is 16.5. The van der Waals surface area contributed by atoms with Crippen LogP contribution in [0.2, 0.25) is 0 Å². The van der Waals surface area contributed by atoms with E-state index in [9.17, 15) is 9.59 Å². The maximum atomic E-state index is 10.8. The molecule has 0 aliphatic carbocycles. The van der Waals surface area contributed by atoms with Crippen molar-refractivity contribution in [3.8, 4) is 0 Å². The van der Waals surface area contributed by atoms with Crippen molar-refractivity contribution in [3.63, 3.8) is 0 Å². The molecule has 0 aliphatic rings. The number of nitrogens with zero attached hydrogens (tertiary/aromatic N) is 1. The molecule has 0 aromatic heterocycles. The Balaban J connectivity index is 3.68. The van der Waals surface area contributed by atoms with E-state index in [1.807, 2.05) is 0 Å². The minimum absolute atomic E-state index is 0.0687. The lowest BCUT2D eigenvalue weighted by atomic mass is 10.4. The number of esters is 1.